The fourth-order valence-electron chi connectivity index (χ4n) is 4.02. The Kier molecular flexibility index (Phi) is 5.48. The molecule has 0 atom stereocenters. The molecule has 9 heteroatoms. The van der Waals surface area contributed by atoms with Gasteiger partial charge in [0, 0.05) is 35.5 Å². The van der Waals surface area contributed by atoms with Gasteiger partial charge in [0.2, 0.25) is 11.9 Å². The van der Waals surface area contributed by atoms with Crippen LogP contribution in [0, 0.1) is 11.7 Å². The smallest absolute Gasteiger partial charge is 0.270 e. The lowest BCUT2D eigenvalue weighted by Gasteiger charge is -2.31. The highest BCUT2D eigenvalue weighted by molar-refractivity contribution is 7.17. The number of hydrogen-bond donors (Lipinski definition) is 2. The predicted molar refractivity (Wildman–Crippen MR) is 121 cm³/mol. The Morgan fingerprint density at radius 1 is 1.22 bits per heavy atom. The number of hydrogen-bond acceptors (Lipinski definition) is 6. The molecule has 32 heavy (non-hydrogen) atoms. The number of nitrogens with zero attached hydrogens (tertiary/aromatic N) is 2. The van der Waals surface area contributed by atoms with Crippen molar-refractivity contribution in [2.75, 3.05) is 18.0 Å². The SMILES string of the molecule is O=C(NCc1ccco1)C1CCN(c2nc3c(-c4ccccc4F)csc3c(=O)[nH]2)CC1. The number of aromatic amines is 1. The van der Waals surface area contributed by atoms with Crippen molar-refractivity contribution in [3.8, 4) is 11.1 Å². The molecule has 1 amide bonds. The highest BCUT2D eigenvalue weighted by Crippen LogP contribution is 2.33. The molecule has 0 aliphatic carbocycles. The number of H-pyrrole nitrogens is 1. The number of nitrogens with one attached hydrogen (secondary N) is 2. The Morgan fingerprint density at radius 2 is 2.03 bits per heavy atom. The van der Waals surface area contributed by atoms with E-state index in [4.69, 9.17) is 4.42 Å². The number of thiophene rings is 1. The number of anilines is 1. The number of fused-ring (bicyclic) bond motifs is 1. The van der Waals surface area contributed by atoms with Crippen molar-refractivity contribution < 1.29 is 13.6 Å². The second-order valence-corrected chi connectivity index (χ2v) is 8.63. The normalized spacial score (nSPS) is 14.7. The Bertz CT molecular complexity index is 1310. The maximum Gasteiger partial charge on any atom is 0.270 e. The van der Waals surface area contributed by atoms with Crippen molar-refractivity contribution in [1.82, 2.24) is 15.3 Å². The van der Waals surface area contributed by atoms with Gasteiger partial charge in [0.1, 0.15) is 16.3 Å². The number of furan rings is 1. The van der Waals surface area contributed by atoms with Gasteiger partial charge in [0.15, 0.2) is 0 Å². The molecule has 0 spiro atoms. The van der Waals surface area contributed by atoms with Crippen LogP contribution in [-0.4, -0.2) is 29.0 Å². The van der Waals surface area contributed by atoms with Crippen LogP contribution in [0.1, 0.15) is 18.6 Å². The van der Waals surface area contributed by atoms with E-state index < -0.39 is 0 Å². The van der Waals surface area contributed by atoms with Crippen molar-refractivity contribution >= 4 is 33.4 Å². The molecular formula is C23H21FN4O3S. The van der Waals surface area contributed by atoms with Crippen LogP contribution in [0.4, 0.5) is 10.3 Å². The number of rotatable bonds is 5. The molecule has 2 N–H and O–H groups in total. The first-order valence-electron chi connectivity index (χ1n) is 10.4. The fraction of sp³-hybridized carbons (Fsp3) is 0.261. The van der Waals surface area contributed by atoms with Crippen molar-refractivity contribution in [2.24, 2.45) is 5.92 Å². The Hall–Kier alpha value is -3.46. The van der Waals surface area contributed by atoms with E-state index in [1.54, 1.807) is 35.9 Å². The lowest BCUT2D eigenvalue weighted by Crippen LogP contribution is -2.41. The topological polar surface area (TPSA) is 91.2 Å². The van der Waals surface area contributed by atoms with Crippen LogP contribution in [0.5, 0.6) is 0 Å². The lowest BCUT2D eigenvalue weighted by atomic mass is 9.96. The summed E-state index contributed by atoms with van der Waals surface area (Å²) in [6, 6.07) is 10.1. The summed E-state index contributed by atoms with van der Waals surface area (Å²) >= 11 is 1.26. The number of amides is 1. The Balaban J connectivity index is 1.32. The van der Waals surface area contributed by atoms with Crippen LogP contribution in [-0.2, 0) is 11.3 Å². The van der Waals surface area contributed by atoms with Crippen molar-refractivity contribution in [2.45, 2.75) is 19.4 Å². The molecule has 5 rings (SSSR count). The second-order valence-electron chi connectivity index (χ2n) is 7.75. The van der Waals surface area contributed by atoms with Gasteiger partial charge in [-0.2, -0.15) is 0 Å². The van der Waals surface area contributed by atoms with Gasteiger partial charge in [0.05, 0.1) is 18.3 Å². The monoisotopic (exact) mass is 452 g/mol. The molecule has 0 saturated carbocycles. The largest absolute Gasteiger partial charge is 0.467 e. The van der Waals surface area contributed by atoms with E-state index in [-0.39, 0.29) is 23.2 Å². The summed E-state index contributed by atoms with van der Waals surface area (Å²) in [7, 11) is 0. The van der Waals surface area contributed by atoms with E-state index in [9.17, 15) is 14.0 Å². The number of carbonyl (C=O) groups is 1. The third-order valence-electron chi connectivity index (χ3n) is 5.76. The van der Waals surface area contributed by atoms with Gasteiger partial charge < -0.3 is 14.6 Å². The van der Waals surface area contributed by atoms with E-state index in [0.717, 1.165) is 0 Å². The zero-order chi connectivity index (χ0) is 22.1. The van der Waals surface area contributed by atoms with Gasteiger partial charge in [-0.25, -0.2) is 9.37 Å². The molecule has 3 aromatic heterocycles. The molecule has 1 fully saturated rings. The first kappa shape index (κ1) is 20.4. The van der Waals surface area contributed by atoms with Gasteiger partial charge in [-0.15, -0.1) is 11.3 Å². The predicted octanol–water partition coefficient (Wildman–Crippen LogP) is 3.92. The molecule has 4 aromatic rings. The Labute approximate surface area is 186 Å². The summed E-state index contributed by atoms with van der Waals surface area (Å²) in [5.74, 6) is 0.710. The van der Waals surface area contributed by atoms with Gasteiger partial charge in [-0.05, 0) is 31.0 Å². The summed E-state index contributed by atoms with van der Waals surface area (Å²) in [5, 5.41) is 4.68. The standard InChI is InChI=1S/C23H21FN4O3S/c24-18-6-2-1-5-16(18)17-13-32-20-19(17)26-23(27-22(20)30)28-9-7-14(8-10-28)21(29)25-12-15-4-3-11-31-15/h1-6,11,13-14H,7-10,12H2,(H,25,29)(H,26,27,30). The minimum atomic E-state index is -0.350. The average molecular weight is 453 g/mol. The first-order valence-corrected chi connectivity index (χ1v) is 11.3. The molecule has 7 nitrogen and oxygen atoms in total. The number of aromatic nitrogens is 2. The van der Waals surface area contributed by atoms with Crippen LogP contribution < -0.4 is 15.8 Å². The molecular weight excluding hydrogens is 431 g/mol. The van der Waals surface area contributed by atoms with Crippen LogP contribution in [0.15, 0.2) is 57.3 Å². The zero-order valence-corrected chi connectivity index (χ0v) is 18.0. The Morgan fingerprint density at radius 3 is 2.78 bits per heavy atom. The average Bonchev–Trinajstić information content (AvgIpc) is 3.48. The first-order chi connectivity index (χ1) is 15.6. The quantitative estimate of drug-likeness (QED) is 0.479. The van der Waals surface area contributed by atoms with Gasteiger partial charge in [0.25, 0.3) is 5.56 Å². The van der Waals surface area contributed by atoms with Gasteiger partial charge >= 0.3 is 0 Å². The molecule has 1 saturated heterocycles. The van der Waals surface area contributed by atoms with Crippen LogP contribution in [0.25, 0.3) is 21.3 Å². The third-order valence-corrected chi connectivity index (χ3v) is 6.73. The summed E-state index contributed by atoms with van der Waals surface area (Å²) in [5.41, 5.74) is 1.30. The summed E-state index contributed by atoms with van der Waals surface area (Å²) in [6.45, 7) is 1.55. The van der Waals surface area contributed by atoms with Gasteiger partial charge in [-0.1, -0.05) is 18.2 Å². The second kappa shape index (κ2) is 8.58. The van der Waals surface area contributed by atoms with Gasteiger partial charge in [-0.3, -0.25) is 14.6 Å². The van der Waals surface area contributed by atoms with E-state index in [2.05, 4.69) is 15.3 Å². The van der Waals surface area contributed by atoms with Crippen LogP contribution in [0.2, 0.25) is 0 Å². The van der Waals surface area contributed by atoms with E-state index in [1.165, 1.54) is 17.4 Å². The van der Waals surface area contributed by atoms with E-state index in [0.29, 0.717) is 65.5 Å². The van der Waals surface area contributed by atoms with Crippen molar-refractivity contribution in [1.29, 1.82) is 0 Å². The molecule has 1 aliphatic heterocycles. The van der Waals surface area contributed by atoms with Crippen LogP contribution >= 0.6 is 11.3 Å². The number of halogens is 1. The third kappa shape index (κ3) is 3.91. The highest BCUT2D eigenvalue weighted by atomic mass is 32.1. The molecule has 164 valence electrons. The molecule has 0 unspecified atom stereocenters. The molecule has 0 bridgehead atoms. The molecule has 1 aromatic carbocycles. The lowest BCUT2D eigenvalue weighted by molar-refractivity contribution is -0.125. The number of carbonyl (C=O) groups excluding carboxylic acids is 1. The number of benzene rings is 1. The fourth-order valence-corrected chi connectivity index (χ4v) is 4.92. The summed E-state index contributed by atoms with van der Waals surface area (Å²) < 4.78 is 20.1. The van der Waals surface area contributed by atoms with Crippen molar-refractivity contribution in [3.05, 3.63) is 70.0 Å². The maximum absolute atomic E-state index is 14.3. The van der Waals surface area contributed by atoms with E-state index >= 15 is 0 Å². The molecule has 4 heterocycles. The molecule has 1 aliphatic rings. The summed E-state index contributed by atoms with van der Waals surface area (Å²) in [4.78, 5) is 34.6. The number of piperidine rings is 1. The minimum Gasteiger partial charge on any atom is -0.467 e. The maximum atomic E-state index is 14.3. The summed E-state index contributed by atoms with van der Waals surface area (Å²) in [6.07, 6.45) is 2.88. The minimum absolute atomic E-state index is 0.00220. The molecule has 0 radical (unpaired) electrons. The highest BCUT2D eigenvalue weighted by Gasteiger charge is 2.27. The zero-order valence-electron chi connectivity index (χ0n) is 17.1. The van der Waals surface area contributed by atoms with Crippen molar-refractivity contribution in [3.63, 3.8) is 0 Å². The van der Waals surface area contributed by atoms with Crippen LogP contribution in [0.3, 0.4) is 0 Å². The van der Waals surface area contributed by atoms with E-state index in [1.807, 2.05) is 11.0 Å².